The van der Waals surface area contributed by atoms with Crippen molar-refractivity contribution >= 4 is 23.0 Å². The topological polar surface area (TPSA) is 49.4 Å². The summed E-state index contributed by atoms with van der Waals surface area (Å²) < 4.78 is 5.53. The predicted octanol–water partition coefficient (Wildman–Crippen LogP) is 3.57. The Morgan fingerprint density at radius 1 is 1.14 bits per heavy atom. The van der Waals surface area contributed by atoms with Crippen LogP contribution in [0.25, 0.3) is 0 Å². The zero-order valence-electron chi connectivity index (χ0n) is 16.8. The number of pyridine rings is 1. The molecule has 6 heteroatoms. The van der Waals surface area contributed by atoms with E-state index in [9.17, 15) is 0 Å². The number of para-hydroxylation sites is 1. The summed E-state index contributed by atoms with van der Waals surface area (Å²) in [4.78, 5) is 6.74. The van der Waals surface area contributed by atoms with Crippen LogP contribution >= 0.6 is 12.2 Å². The Balaban J connectivity index is 1.69. The van der Waals surface area contributed by atoms with E-state index < -0.39 is 0 Å². The van der Waals surface area contributed by atoms with Crippen molar-refractivity contribution in [1.29, 1.82) is 0 Å². The van der Waals surface area contributed by atoms with Gasteiger partial charge in [-0.25, -0.2) is 0 Å². The van der Waals surface area contributed by atoms with Crippen LogP contribution < -0.4 is 10.6 Å². The van der Waals surface area contributed by atoms with Gasteiger partial charge < -0.3 is 15.4 Å². The molecule has 2 N–H and O–H groups in total. The van der Waals surface area contributed by atoms with Gasteiger partial charge in [0.25, 0.3) is 0 Å². The quantitative estimate of drug-likeness (QED) is 0.696. The van der Waals surface area contributed by atoms with Crippen molar-refractivity contribution in [3.05, 3.63) is 59.4 Å². The van der Waals surface area contributed by atoms with E-state index in [1.54, 1.807) is 0 Å². The van der Waals surface area contributed by atoms with Crippen LogP contribution in [0.15, 0.2) is 42.7 Å². The molecule has 28 heavy (non-hydrogen) atoms. The Bertz CT molecular complexity index is 740. The van der Waals surface area contributed by atoms with Crippen LogP contribution in [0.3, 0.4) is 0 Å². The van der Waals surface area contributed by atoms with Crippen molar-refractivity contribution in [2.45, 2.75) is 32.7 Å². The summed E-state index contributed by atoms with van der Waals surface area (Å²) in [5.74, 6) is 0. The van der Waals surface area contributed by atoms with Gasteiger partial charge in [-0.15, -0.1) is 0 Å². The van der Waals surface area contributed by atoms with E-state index in [0.29, 0.717) is 5.11 Å². The number of anilines is 1. The third-order valence-electron chi connectivity index (χ3n) is 5.25. The van der Waals surface area contributed by atoms with E-state index in [1.165, 1.54) is 16.7 Å². The van der Waals surface area contributed by atoms with Crippen molar-refractivity contribution in [3.63, 3.8) is 0 Å². The van der Waals surface area contributed by atoms with Gasteiger partial charge in [0.15, 0.2) is 5.11 Å². The van der Waals surface area contributed by atoms with Crippen molar-refractivity contribution < 1.29 is 4.74 Å². The first kappa shape index (κ1) is 20.7. The highest BCUT2D eigenvalue weighted by Gasteiger charge is 2.23. The lowest BCUT2D eigenvalue weighted by atomic mass is 10.0. The monoisotopic (exact) mass is 398 g/mol. The number of morpholine rings is 1. The van der Waals surface area contributed by atoms with E-state index in [1.807, 2.05) is 18.5 Å². The minimum absolute atomic E-state index is 0.212. The lowest BCUT2D eigenvalue weighted by Gasteiger charge is -2.35. The van der Waals surface area contributed by atoms with E-state index in [4.69, 9.17) is 17.0 Å². The van der Waals surface area contributed by atoms with E-state index in [0.717, 1.165) is 51.4 Å². The summed E-state index contributed by atoms with van der Waals surface area (Å²) in [7, 11) is 0. The fourth-order valence-electron chi connectivity index (χ4n) is 3.67. The summed E-state index contributed by atoms with van der Waals surface area (Å²) in [6.07, 6.45) is 5.71. The van der Waals surface area contributed by atoms with Crippen LogP contribution in [0, 0.1) is 0 Å². The smallest absolute Gasteiger partial charge is 0.170 e. The number of nitrogens with one attached hydrogen (secondary N) is 2. The van der Waals surface area contributed by atoms with Crippen molar-refractivity contribution in [1.82, 2.24) is 15.2 Å². The fourth-order valence-corrected chi connectivity index (χ4v) is 3.86. The van der Waals surface area contributed by atoms with Gasteiger partial charge in [0.05, 0.1) is 19.3 Å². The summed E-state index contributed by atoms with van der Waals surface area (Å²) in [6, 6.07) is 10.8. The van der Waals surface area contributed by atoms with Crippen LogP contribution in [-0.4, -0.2) is 47.8 Å². The Morgan fingerprint density at radius 2 is 1.86 bits per heavy atom. The molecule has 1 saturated heterocycles. The Kier molecular flexibility index (Phi) is 7.77. The first-order chi connectivity index (χ1) is 13.7. The van der Waals surface area contributed by atoms with E-state index in [-0.39, 0.29) is 6.04 Å². The number of thiocarbonyl (C=S) groups is 1. The minimum atomic E-state index is 0.212. The molecule has 1 aliphatic heterocycles. The summed E-state index contributed by atoms with van der Waals surface area (Å²) in [5, 5.41) is 7.56. The molecule has 0 unspecified atom stereocenters. The molecule has 1 atom stereocenters. The average Bonchev–Trinajstić information content (AvgIpc) is 2.75. The minimum Gasteiger partial charge on any atom is -0.379 e. The second-order valence-electron chi connectivity index (χ2n) is 6.94. The third-order valence-corrected chi connectivity index (χ3v) is 5.50. The number of aryl methyl sites for hydroxylation is 2. The molecule has 150 valence electrons. The molecule has 0 spiro atoms. The van der Waals surface area contributed by atoms with Crippen molar-refractivity contribution in [3.8, 4) is 0 Å². The molecule has 1 aliphatic rings. The largest absolute Gasteiger partial charge is 0.379 e. The average molecular weight is 399 g/mol. The highest BCUT2D eigenvalue weighted by molar-refractivity contribution is 7.80. The Morgan fingerprint density at radius 3 is 2.46 bits per heavy atom. The van der Waals surface area contributed by atoms with Crippen molar-refractivity contribution in [2.24, 2.45) is 0 Å². The fraction of sp³-hybridized carbons (Fsp3) is 0.455. The number of nitrogens with zero attached hydrogens (tertiary/aromatic N) is 2. The molecule has 2 heterocycles. The molecule has 1 fully saturated rings. The second kappa shape index (κ2) is 10.5. The third kappa shape index (κ3) is 5.28. The van der Waals surface area contributed by atoms with Gasteiger partial charge in [0, 0.05) is 37.7 Å². The zero-order valence-corrected chi connectivity index (χ0v) is 17.6. The molecule has 3 rings (SSSR count). The lowest BCUT2D eigenvalue weighted by Crippen LogP contribution is -2.44. The molecule has 2 aromatic rings. The standard InChI is InChI=1S/C22H30N4OS/c1-3-17-7-5-8-18(4-2)21(17)25-22(28)24-16-20(19-9-6-10-23-15-19)26-11-13-27-14-12-26/h5-10,15,20H,3-4,11-14,16H2,1-2H3,(H2,24,25,28)/t20-/m1/s1. The molecule has 1 aromatic carbocycles. The van der Waals surface area contributed by atoms with Crippen LogP contribution in [0.1, 0.15) is 36.6 Å². The Labute approximate surface area is 173 Å². The van der Waals surface area contributed by atoms with Crippen LogP contribution in [-0.2, 0) is 17.6 Å². The number of hydrogen-bond donors (Lipinski definition) is 2. The number of aromatic nitrogens is 1. The molecule has 0 saturated carbocycles. The first-order valence-electron chi connectivity index (χ1n) is 10.1. The van der Waals surface area contributed by atoms with Gasteiger partial charge in [0.2, 0.25) is 0 Å². The molecule has 1 aromatic heterocycles. The summed E-state index contributed by atoms with van der Waals surface area (Å²) >= 11 is 5.64. The van der Waals surface area contributed by atoms with Gasteiger partial charge in [-0.2, -0.15) is 0 Å². The van der Waals surface area contributed by atoms with Gasteiger partial charge >= 0.3 is 0 Å². The number of rotatable bonds is 7. The highest BCUT2D eigenvalue weighted by atomic mass is 32.1. The maximum absolute atomic E-state index is 5.64. The van der Waals surface area contributed by atoms with Gasteiger partial charge in [0.1, 0.15) is 0 Å². The van der Waals surface area contributed by atoms with Crippen LogP contribution in [0.2, 0.25) is 0 Å². The number of ether oxygens (including phenoxy) is 1. The van der Waals surface area contributed by atoms with E-state index in [2.05, 4.69) is 58.6 Å². The SMILES string of the molecule is CCc1cccc(CC)c1NC(=S)NC[C@H](c1cccnc1)N1CCOCC1. The van der Waals surface area contributed by atoms with Crippen molar-refractivity contribution in [2.75, 3.05) is 38.2 Å². The van der Waals surface area contributed by atoms with E-state index >= 15 is 0 Å². The summed E-state index contributed by atoms with van der Waals surface area (Å²) in [5.41, 5.74) is 4.93. The molecular formula is C22H30N4OS. The van der Waals surface area contributed by atoms with Gasteiger partial charge in [-0.05, 0) is 47.8 Å². The Hall–Kier alpha value is -2.02. The molecule has 0 aliphatic carbocycles. The highest BCUT2D eigenvalue weighted by Crippen LogP contribution is 2.23. The molecular weight excluding hydrogens is 368 g/mol. The molecule has 0 amide bonds. The normalized spacial score (nSPS) is 15.8. The summed E-state index contributed by atoms with van der Waals surface area (Å²) in [6.45, 7) is 8.44. The second-order valence-corrected chi connectivity index (χ2v) is 7.35. The maximum atomic E-state index is 5.64. The van der Waals surface area contributed by atoms with Gasteiger partial charge in [-0.1, -0.05) is 38.1 Å². The predicted molar refractivity (Wildman–Crippen MR) is 119 cm³/mol. The number of benzene rings is 1. The van der Waals surface area contributed by atoms with Crippen LogP contribution in [0.4, 0.5) is 5.69 Å². The first-order valence-corrected chi connectivity index (χ1v) is 10.5. The molecule has 0 bridgehead atoms. The number of hydrogen-bond acceptors (Lipinski definition) is 4. The van der Waals surface area contributed by atoms with Gasteiger partial charge in [-0.3, -0.25) is 9.88 Å². The van der Waals surface area contributed by atoms with Crippen LogP contribution in [0.5, 0.6) is 0 Å². The molecule has 0 radical (unpaired) electrons. The zero-order chi connectivity index (χ0) is 19.8. The molecule has 5 nitrogen and oxygen atoms in total. The maximum Gasteiger partial charge on any atom is 0.170 e. The lowest BCUT2D eigenvalue weighted by molar-refractivity contribution is 0.0170.